The summed E-state index contributed by atoms with van der Waals surface area (Å²) in [6.45, 7) is 3.20. The average Bonchev–Trinajstić information content (AvgIpc) is 3.12. The molecule has 2 heterocycles. The van der Waals surface area contributed by atoms with Crippen LogP contribution in [0.2, 0.25) is 0 Å². The molecule has 0 amide bonds. The van der Waals surface area contributed by atoms with E-state index in [-0.39, 0.29) is 17.3 Å². The number of nitrogens with zero attached hydrogens (tertiary/aromatic N) is 1. The zero-order valence-electron chi connectivity index (χ0n) is 14.0. The SMILES string of the molecule is COC(=O)C1CC12CCN(Cc1ccc(-c3ccccc3)s1)CC2. The van der Waals surface area contributed by atoms with Gasteiger partial charge in [-0.05, 0) is 55.5 Å². The highest BCUT2D eigenvalue weighted by molar-refractivity contribution is 7.15. The Morgan fingerprint density at radius 1 is 1.21 bits per heavy atom. The van der Waals surface area contributed by atoms with Crippen molar-refractivity contribution in [2.45, 2.75) is 25.8 Å². The number of carbonyl (C=O) groups excluding carboxylic acids is 1. The van der Waals surface area contributed by atoms with Crippen molar-refractivity contribution in [3.63, 3.8) is 0 Å². The predicted molar refractivity (Wildman–Crippen MR) is 96.8 cm³/mol. The van der Waals surface area contributed by atoms with E-state index in [9.17, 15) is 4.79 Å². The monoisotopic (exact) mass is 341 g/mol. The molecule has 0 radical (unpaired) electrons. The molecule has 24 heavy (non-hydrogen) atoms. The maximum absolute atomic E-state index is 11.7. The molecule has 3 nitrogen and oxygen atoms in total. The van der Waals surface area contributed by atoms with E-state index in [0.29, 0.717) is 0 Å². The number of piperidine rings is 1. The van der Waals surface area contributed by atoms with Crippen LogP contribution in [0.15, 0.2) is 42.5 Å². The van der Waals surface area contributed by atoms with Gasteiger partial charge < -0.3 is 4.74 Å². The number of rotatable bonds is 4. The molecule has 2 fully saturated rings. The number of hydrogen-bond donors (Lipinski definition) is 0. The molecule has 0 N–H and O–H groups in total. The second-order valence-corrected chi connectivity index (χ2v) is 8.22. The molecule has 126 valence electrons. The van der Waals surface area contributed by atoms with E-state index in [4.69, 9.17) is 4.74 Å². The molecule has 2 aliphatic rings. The Kier molecular flexibility index (Phi) is 4.19. The van der Waals surface area contributed by atoms with Crippen LogP contribution in [0.25, 0.3) is 10.4 Å². The summed E-state index contributed by atoms with van der Waals surface area (Å²) in [4.78, 5) is 17.0. The van der Waals surface area contributed by atoms with Crippen LogP contribution in [0.1, 0.15) is 24.1 Å². The van der Waals surface area contributed by atoms with Crippen LogP contribution in [-0.2, 0) is 16.1 Å². The van der Waals surface area contributed by atoms with E-state index in [1.165, 1.54) is 22.4 Å². The van der Waals surface area contributed by atoms with Gasteiger partial charge >= 0.3 is 5.97 Å². The molecular formula is C20H23NO2S. The van der Waals surface area contributed by atoms with Crippen molar-refractivity contribution in [1.82, 2.24) is 4.90 Å². The lowest BCUT2D eigenvalue weighted by Gasteiger charge is -2.32. The number of methoxy groups -OCH3 is 1. The largest absolute Gasteiger partial charge is 0.469 e. The molecule has 1 spiro atoms. The summed E-state index contributed by atoms with van der Waals surface area (Å²) in [6, 6.07) is 15.1. The van der Waals surface area contributed by atoms with E-state index in [1.807, 2.05) is 11.3 Å². The van der Waals surface area contributed by atoms with Crippen LogP contribution in [-0.4, -0.2) is 31.1 Å². The first-order chi connectivity index (χ1) is 11.7. The van der Waals surface area contributed by atoms with Gasteiger partial charge in [0.05, 0.1) is 13.0 Å². The Labute approximate surface area is 147 Å². The van der Waals surface area contributed by atoms with Gasteiger partial charge in [0.25, 0.3) is 0 Å². The predicted octanol–water partition coefficient (Wildman–Crippen LogP) is 4.19. The summed E-state index contributed by atoms with van der Waals surface area (Å²) in [5, 5.41) is 0. The van der Waals surface area contributed by atoms with Crippen LogP contribution in [0, 0.1) is 11.3 Å². The first-order valence-corrected chi connectivity index (χ1v) is 9.46. The molecule has 1 saturated carbocycles. The van der Waals surface area contributed by atoms with Crippen LogP contribution < -0.4 is 0 Å². The highest BCUT2D eigenvalue weighted by Crippen LogP contribution is 2.59. The van der Waals surface area contributed by atoms with E-state index >= 15 is 0 Å². The molecule has 1 aromatic carbocycles. The Morgan fingerprint density at radius 3 is 2.67 bits per heavy atom. The van der Waals surface area contributed by atoms with Crippen LogP contribution in [0.3, 0.4) is 0 Å². The molecule has 4 rings (SSSR count). The Bertz CT molecular complexity index is 716. The van der Waals surface area contributed by atoms with Crippen molar-refractivity contribution in [1.29, 1.82) is 0 Å². The van der Waals surface area contributed by atoms with E-state index in [2.05, 4.69) is 47.4 Å². The first kappa shape index (κ1) is 15.9. The normalized spacial score (nSPS) is 22.5. The van der Waals surface area contributed by atoms with Crippen LogP contribution in [0.4, 0.5) is 0 Å². The number of likely N-dealkylation sites (tertiary alicyclic amines) is 1. The van der Waals surface area contributed by atoms with Gasteiger partial charge in [0.1, 0.15) is 0 Å². The fourth-order valence-corrected chi connectivity index (χ4v) is 5.03. The molecule has 1 atom stereocenters. The van der Waals surface area contributed by atoms with Gasteiger partial charge in [0.15, 0.2) is 0 Å². The third-order valence-electron chi connectivity index (χ3n) is 5.63. The zero-order valence-corrected chi connectivity index (χ0v) is 14.8. The van der Waals surface area contributed by atoms with Crippen molar-refractivity contribution < 1.29 is 9.53 Å². The maximum atomic E-state index is 11.7. The highest BCUT2D eigenvalue weighted by atomic mass is 32.1. The minimum Gasteiger partial charge on any atom is -0.469 e. The van der Waals surface area contributed by atoms with Gasteiger partial charge in [-0.3, -0.25) is 9.69 Å². The number of hydrogen-bond acceptors (Lipinski definition) is 4. The van der Waals surface area contributed by atoms with Gasteiger partial charge in [-0.1, -0.05) is 30.3 Å². The summed E-state index contributed by atoms with van der Waals surface area (Å²) in [7, 11) is 1.50. The molecule has 0 bridgehead atoms. The van der Waals surface area contributed by atoms with Crippen molar-refractivity contribution in [3.05, 3.63) is 47.3 Å². The molecule has 1 saturated heterocycles. The van der Waals surface area contributed by atoms with Gasteiger partial charge in [0.2, 0.25) is 0 Å². The Morgan fingerprint density at radius 2 is 1.96 bits per heavy atom. The fraction of sp³-hybridized carbons (Fsp3) is 0.450. The van der Waals surface area contributed by atoms with Crippen LogP contribution >= 0.6 is 11.3 Å². The fourth-order valence-electron chi connectivity index (χ4n) is 3.97. The first-order valence-electron chi connectivity index (χ1n) is 8.64. The van der Waals surface area contributed by atoms with E-state index in [0.717, 1.165) is 38.9 Å². The van der Waals surface area contributed by atoms with Crippen molar-refractivity contribution in [2.24, 2.45) is 11.3 Å². The van der Waals surface area contributed by atoms with Crippen molar-refractivity contribution in [2.75, 3.05) is 20.2 Å². The number of benzene rings is 1. The molecule has 2 aromatic rings. The lowest BCUT2D eigenvalue weighted by molar-refractivity contribution is -0.143. The average molecular weight is 341 g/mol. The summed E-state index contributed by atoms with van der Waals surface area (Å²) in [5.74, 6) is 0.158. The molecular weight excluding hydrogens is 318 g/mol. The Balaban J connectivity index is 1.34. The quantitative estimate of drug-likeness (QED) is 0.781. The van der Waals surface area contributed by atoms with Gasteiger partial charge in [-0.25, -0.2) is 0 Å². The molecule has 1 unspecified atom stereocenters. The second-order valence-electron chi connectivity index (χ2n) is 7.05. The van der Waals surface area contributed by atoms with Gasteiger partial charge in [0, 0.05) is 16.3 Å². The molecule has 4 heteroatoms. The molecule has 1 aliphatic carbocycles. The lowest BCUT2D eigenvalue weighted by Crippen LogP contribution is -2.35. The summed E-state index contributed by atoms with van der Waals surface area (Å²) in [5.41, 5.74) is 1.55. The minimum atomic E-state index is -0.00536. The van der Waals surface area contributed by atoms with E-state index in [1.54, 1.807) is 0 Å². The number of esters is 1. The number of thiophene rings is 1. The molecule has 1 aliphatic heterocycles. The van der Waals surface area contributed by atoms with Crippen molar-refractivity contribution >= 4 is 17.3 Å². The van der Waals surface area contributed by atoms with Crippen molar-refractivity contribution in [3.8, 4) is 10.4 Å². The summed E-state index contributed by atoms with van der Waals surface area (Å²) in [6.07, 6.45) is 3.29. The second kappa shape index (κ2) is 6.34. The Hall–Kier alpha value is -1.65. The molecule has 1 aromatic heterocycles. The summed E-state index contributed by atoms with van der Waals surface area (Å²) < 4.78 is 4.92. The van der Waals surface area contributed by atoms with Gasteiger partial charge in [-0.15, -0.1) is 11.3 Å². The third-order valence-corrected chi connectivity index (χ3v) is 6.75. The topological polar surface area (TPSA) is 29.5 Å². The third kappa shape index (κ3) is 3.01. The smallest absolute Gasteiger partial charge is 0.309 e. The number of carbonyl (C=O) groups is 1. The standard InChI is InChI=1S/C20H23NO2S/c1-23-19(22)17-13-20(17)9-11-21(12-10-20)14-16-7-8-18(24-16)15-5-3-2-4-6-15/h2-8,17H,9-14H2,1H3. The zero-order chi connectivity index (χ0) is 16.6. The van der Waals surface area contributed by atoms with E-state index < -0.39 is 0 Å². The highest BCUT2D eigenvalue weighted by Gasteiger charge is 2.59. The van der Waals surface area contributed by atoms with Crippen LogP contribution in [0.5, 0.6) is 0 Å². The van der Waals surface area contributed by atoms with Gasteiger partial charge in [-0.2, -0.15) is 0 Å². The lowest BCUT2D eigenvalue weighted by atomic mass is 9.91. The maximum Gasteiger partial charge on any atom is 0.309 e. The number of ether oxygens (including phenoxy) is 1. The minimum absolute atomic E-state index is 0.00536. The summed E-state index contributed by atoms with van der Waals surface area (Å²) >= 11 is 1.89.